The van der Waals surface area contributed by atoms with Crippen LogP contribution in [0.1, 0.15) is 37.3 Å². The van der Waals surface area contributed by atoms with Crippen LogP contribution < -0.4 is 0 Å². The number of carboxylic acids is 1. The maximum atomic E-state index is 11.2. The highest BCUT2D eigenvalue weighted by atomic mass is 35.5. The third kappa shape index (κ3) is 5.97. The smallest absolute Gasteiger partial charge is 0.355 e. The second kappa shape index (κ2) is 10.3. The minimum Gasteiger partial charge on any atom is -0.478 e. The highest BCUT2D eigenvalue weighted by Crippen LogP contribution is 2.28. The van der Waals surface area contributed by atoms with Crippen LogP contribution in [-0.2, 0) is 30.3 Å². The van der Waals surface area contributed by atoms with Gasteiger partial charge >= 0.3 is 11.9 Å². The molecule has 6 nitrogen and oxygen atoms in total. The number of halogens is 1. The Balaban J connectivity index is 0.000000227. The summed E-state index contributed by atoms with van der Waals surface area (Å²) in [6.07, 6.45) is 4.30. The molecule has 0 aromatic heterocycles. The number of cyclic esters (lactones) is 1. The van der Waals surface area contributed by atoms with Gasteiger partial charge in [-0.05, 0) is 11.1 Å². The van der Waals surface area contributed by atoms with E-state index in [2.05, 4.69) is 18.6 Å². The molecule has 0 saturated carbocycles. The number of aliphatic carboxylic acids is 1. The van der Waals surface area contributed by atoms with Crippen LogP contribution in [0.25, 0.3) is 0 Å². The molecule has 1 atom stereocenters. The van der Waals surface area contributed by atoms with Crippen molar-refractivity contribution in [2.75, 3.05) is 0 Å². The number of carboxylic acid groups (broad SMARTS) is 1. The van der Waals surface area contributed by atoms with Crippen molar-refractivity contribution in [1.29, 1.82) is 0 Å². The number of esters is 1. The third-order valence-corrected chi connectivity index (χ3v) is 3.44. The summed E-state index contributed by atoms with van der Waals surface area (Å²) >= 11 is 5.29. The van der Waals surface area contributed by atoms with E-state index in [0.717, 1.165) is 29.6 Å². The first-order chi connectivity index (χ1) is 12.3. The van der Waals surface area contributed by atoms with Gasteiger partial charge in [0.1, 0.15) is 17.1 Å². The van der Waals surface area contributed by atoms with E-state index in [1.807, 2.05) is 24.3 Å². The summed E-state index contributed by atoms with van der Waals surface area (Å²) < 4.78 is 4.40. The van der Waals surface area contributed by atoms with Gasteiger partial charge in [-0.2, -0.15) is 0 Å². The standard InChI is InChI=1S/C10H8O2.C6H3ClO4.C3H8/c11-6-9-8-4-2-1-3-7(8)5-10(9)12;7-4-1-3(2-5(8)9)11-6(4)10;1-3-2/h1-4,6,9H,5H2;1-2H,(H,8,9);3H2,1-2H3/b;3-2-;. The molecule has 2 aliphatic rings. The molecule has 1 heterocycles. The minimum atomic E-state index is -1.18. The number of ketones is 1. The summed E-state index contributed by atoms with van der Waals surface area (Å²) in [5, 5.41) is 8.09. The van der Waals surface area contributed by atoms with Crippen molar-refractivity contribution in [3.8, 4) is 0 Å². The summed E-state index contributed by atoms with van der Waals surface area (Å²) in [4.78, 5) is 42.3. The lowest BCUT2D eigenvalue weighted by Crippen LogP contribution is -2.06. The van der Waals surface area contributed by atoms with Crippen molar-refractivity contribution in [2.24, 2.45) is 0 Å². The van der Waals surface area contributed by atoms with Crippen LogP contribution in [0.5, 0.6) is 0 Å². The van der Waals surface area contributed by atoms with E-state index in [0.29, 0.717) is 6.42 Å². The van der Waals surface area contributed by atoms with E-state index in [-0.39, 0.29) is 16.6 Å². The number of rotatable bonds is 2. The molecule has 1 aromatic carbocycles. The molecule has 3 rings (SSSR count). The van der Waals surface area contributed by atoms with Gasteiger partial charge in [-0.25, -0.2) is 9.59 Å². The Labute approximate surface area is 156 Å². The molecular weight excluding hydrogens is 360 g/mol. The number of Topliss-reactive ketones (excluding diaryl/α,β-unsaturated/α-hetero) is 1. The monoisotopic (exact) mass is 378 g/mol. The fraction of sp³-hybridized carbons (Fsp3) is 0.263. The first-order valence-electron chi connectivity index (χ1n) is 7.93. The molecule has 1 aromatic rings. The van der Waals surface area contributed by atoms with Gasteiger partial charge in [0.05, 0.1) is 12.0 Å². The van der Waals surface area contributed by atoms with Crippen molar-refractivity contribution in [3.63, 3.8) is 0 Å². The first-order valence-corrected chi connectivity index (χ1v) is 8.31. The molecule has 1 aliphatic heterocycles. The zero-order chi connectivity index (χ0) is 19.7. The Morgan fingerprint density at radius 1 is 1.31 bits per heavy atom. The van der Waals surface area contributed by atoms with E-state index in [1.54, 1.807) is 0 Å². The van der Waals surface area contributed by atoms with Gasteiger partial charge < -0.3 is 14.6 Å². The zero-order valence-electron chi connectivity index (χ0n) is 14.4. The molecule has 1 unspecified atom stereocenters. The molecule has 138 valence electrons. The second-order valence-corrected chi connectivity index (χ2v) is 5.84. The molecule has 26 heavy (non-hydrogen) atoms. The molecule has 0 spiro atoms. The van der Waals surface area contributed by atoms with Crippen molar-refractivity contribution >= 4 is 35.6 Å². The Morgan fingerprint density at radius 3 is 2.42 bits per heavy atom. The van der Waals surface area contributed by atoms with Crippen LogP contribution >= 0.6 is 11.6 Å². The summed E-state index contributed by atoms with van der Waals surface area (Å²) in [5.41, 5.74) is 1.89. The topological polar surface area (TPSA) is 97.7 Å². The first kappa shape index (κ1) is 21.3. The van der Waals surface area contributed by atoms with E-state index in [4.69, 9.17) is 16.7 Å². The summed E-state index contributed by atoms with van der Waals surface area (Å²) in [7, 11) is 0. The summed E-state index contributed by atoms with van der Waals surface area (Å²) in [5.74, 6) is -2.44. The average Bonchev–Trinajstić information content (AvgIpc) is 3.06. The highest BCUT2D eigenvalue weighted by Gasteiger charge is 2.29. The molecular formula is C19H19ClO6. The Bertz CT molecular complexity index is 763. The van der Waals surface area contributed by atoms with Crippen LogP contribution in [0.3, 0.4) is 0 Å². The van der Waals surface area contributed by atoms with Gasteiger partial charge in [-0.15, -0.1) is 0 Å². The van der Waals surface area contributed by atoms with E-state index in [9.17, 15) is 19.2 Å². The molecule has 0 bridgehead atoms. The molecule has 7 heteroatoms. The van der Waals surface area contributed by atoms with E-state index < -0.39 is 17.9 Å². The second-order valence-electron chi connectivity index (χ2n) is 5.43. The summed E-state index contributed by atoms with van der Waals surface area (Å²) in [6, 6.07) is 7.49. The lowest BCUT2D eigenvalue weighted by atomic mass is 10.0. The van der Waals surface area contributed by atoms with Crippen LogP contribution in [-0.4, -0.2) is 29.1 Å². The molecule has 1 aliphatic carbocycles. The molecule has 0 saturated heterocycles. The van der Waals surface area contributed by atoms with Crippen LogP contribution in [0.4, 0.5) is 0 Å². The van der Waals surface area contributed by atoms with Gasteiger partial charge in [0.2, 0.25) is 0 Å². The van der Waals surface area contributed by atoms with Crippen LogP contribution in [0.2, 0.25) is 0 Å². The van der Waals surface area contributed by atoms with Gasteiger partial charge in [0, 0.05) is 12.5 Å². The van der Waals surface area contributed by atoms with Gasteiger partial charge in [0.25, 0.3) is 0 Å². The third-order valence-electron chi connectivity index (χ3n) is 3.18. The Morgan fingerprint density at radius 2 is 1.92 bits per heavy atom. The number of carbonyl (C=O) groups excluding carboxylic acids is 3. The lowest BCUT2D eigenvalue weighted by Gasteiger charge is -1.99. The fourth-order valence-corrected chi connectivity index (χ4v) is 2.33. The fourth-order valence-electron chi connectivity index (χ4n) is 2.18. The van der Waals surface area contributed by atoms with Gasteiger partial charge in [0.15, 0.2) is 5.78 Å². The largest absolute Gasteiger partial charge is 0.478 e. The van der Waals surface area contributed by atoms with E-state index in [1.165, 1.54) is 6.42 Å². The van der Waals surface area contributed by atoms with E-state index >= 15 is 0 Å². The number of allylic oxidation sites excluding steroid dienone is 1. The van der Waals surface area contributed by atoms with Gasteiger partial charge in [-0.1, -0.05) is 56.1 Å². The van der Waals surface area contributed by atoms with Crippen molar-refractivity contribution in [2.45, 2.75) is 32.6 Å². The predicted molar refractivity (Wildman–Crippen MR) is 95.7 cm³/mol. The Hall–Kier alpha value is -2.73. The maximum Gasteiger partial charge on any atom is 0.355 e. The van der Waals surface area contributed by atoms with Crippen molar-refractivity contribution in [3.05, 3.63) is 58.3 Å². The summed E-state index contributed by atoms with van der Waals surface area (Å²) in [6.45, 7) is 4.25. The van der Waals surface area contributed by atoms with Crippen molar-refractivity contribution < 1.29 is 29.0 Å². The number of ether oxygens (including phenoxy) is 1. The Kier molecular flexibility index (Phi) is 8.45. The predicted octanol–water partition coefficient (Wildman–Crippen LogP) is 3.15. The molecule has 0 radical (unpaired) electrons. The van der Waals surface area contributed by atoms with Gasteiger partial charge in [-0.3, -0.25) is 4.79 Å². The number of hydrogen-bond donors (Lipinski definition) is 1. The van der Waals surface area contributed by atoms with Crippen LogP contribution in [0.15, 0.2) is 47.2 Å². The lowest BCUT2D eigenvalue weighted by molar-refractivity contribution is -0.133. The number of carbonyl (C=O) groups is 4. The normalized spacial score (nSPS) is 18.7. The van der Waals surface area contributed by atoms with Crippen molar-refractivity contribution in [1.82, 2.24) is 0 Å². The molecule has 1 N–H and O–H groups in total. The quantitative estimate of drug-likeness (QED) is 0.367. The zero-order valence-corrected chi connectivity index (χ0v) is 15.2. The number of benzene rings is 1. The number of aldehydes is 1. The van der Waals surface area contributed by atoms with Crippen LogP contribution in [0, 0.1) is 0 Å². The minimum absolute atomic E-state index is 0.0196. The highest BCUT2D eigenvalue weighted by molar-refractivity contribution is 6.42. The number of fused-ring (bicyclic) bond motifs is 1. The SMILES string of the molecule is CCC.O=C(O)/C=C1/C=C(Cl)C(=O)O1.O=CC1C(=O)Cc2ccccc21. The molecule has 0 amide bonds. The average molecular weight is 379 g/mol. The maximum absolute atomic E-state index is 11.2. The number of hydrogen-bond acceptors (Lipinski definition) is 5. The molecule has 0 fully saturated rings.